The van der Waals surface area contributed by atoms with Gasteiger partial charge in [-0.15, -0.1) is 0 Å². The number of aromatic nitrogens is 4. The lowest BCUT2D eigenvalue weighted by Gasteiger charge is -1.99. The van der Waals surface area contributed by atoms with Crippen LogP contribution < -0.4 is 5.73 Å². The fourth-order valence-electron chi connectivity index (χ4n) is 1.84. The van der Waals surface area contributed by atoms with Crippen LogP contribution in [0, 0.1) is 13.8 Å². The standard InChI is InChI=1S/C8H8N2.C7H10N4/c1-6-2-3-7-5-9-10-8(7)4-6;1-5-6(3-9-2)7(8)11-4-10-5/h2-5H,1H3,(H,9,10);3-4H,1-2H3,(H2,8,10,11). The van der Waals surface area contributed by atoms with Crippen molar-refractivity contribution in [2.45, 2.75) is 13.8 Å². The maximum absolute atomic E-state index is 5.57. The van der Waals surface area contributed by atoms with Crippen LogP contribution >= 0.6 is 0 Å². The van der Waals surface area contributed by atoms with E-state index >= 15 is 0 Å². The number of aryl methyl sites for hydroxylation is 2. The lowest BCUT2D eigenvalue weighted by atomic mass is 10.2. The molecule has 0 bridgehead atoms. The quantitative estimate of drug-likeness (QED) is 0.670. The Morgan fingerprint density at radius 3 is 2.76 bits per heavy atom. The molecule has 3 N–H and O–H groups in total. The molecule has 0 fully saturated rings. The first kappa shape index (κ1) is 14.6. The molecule has 21 heavy (non-hydrogen) atoms. The van der Waals surface area contributed by atoms with Crippen LogP contribution in [0.1, 0.15) is 16.8 Å². The minimum atomic E-state index is 0.475. The van der Waals surface area contributed by atoms with Crippen molar-refractivity contribution in [1.29, 1.82) is 0 Å². The fourth-order valence-corrected chi connectivity index (χ4v) is 1.84. The Kier molecular flexibility index (Phi) is 4.61. The van der Waals surface area contributed by atoms with E-state index in [1.54, 1.807) is 13.3 Å². The molecule has 0 aliphatic heterocycles. The molecule has 6 heteroatoms. The van der Waals surface area contributed by atoms with Gasteiger partial charge in [0.2, 0.25) is 0 Å². The van der Waals surface area contributed by atoms with Gasteiger partial charge in [0, 0.05) is 18.6 Å². The summed E-state index contributed by atoms with van der Waals surface area (Å²) in [5, 5.41) is 8.00. The van der Waals surface area contributed by atoms with Crippen LogP contribution in [0.3, 0.4) is 0 Å². The van der Waals surface area contributed by atoms with Crippen molar-refractivity contribution in [3.05, 3.63) is 47.5 Å². The molecule has 2 aromatic heterocycles. The summed E-state index contributed by atoms with van der Waals surface area (Å²) in [7, 11) is 1.69. The van der Waals surface area contributed by atoms with Gasteiger partial charge >= 0.3 is 0 Å². The maximum Gasteiger partial charge on any atom is 0.135 e. The zero-order valence-corrected chi connectivity index (χ0v) is 12.3. The molecule has 0 saturated carbocycles. The van der Waals surface area contributed by atoms with Crippen molar-refractivity contribution in [1.82, 2.24) is 20.2 Å². The molecule has 3 aromatic rings. The van der Waals surface area contributed by atoms with Crippen molar-refractivity contribution in [3.63, 3.8) is 0 Å². The molecule has 3 rings (SSSR count). The van der Waals surface area contributed by atoms with Gasteiger partial charge in [0.15, 0.2) is 0 Å². The van der Waals surface area contributed by atoms with Gasteiger partial charge in [-0.25, -0.2) is 9.97 Å². The van der Waals surface area contributed by atoms with Crippen LogP contribution in [0.2, 0.25) is 0 Å². The zero-order valence-electron chi connectivity index (χ0n) is 12.3. The largest absolute Gasteiger partial charge is 0.383 e. The molecule has 0 aliphatic carbocycles. The number of rotatable bonds is 1. The molecule has 0 spiro atoms. The molecule has 0 saturated heterocycles. The average Bonchev–Trinajstić information content (AvgIpc) is 2.91. The van der Waals surface area contributed by atoms with Crippen molar-refractivity contribution in [3.8, 4) is 0 Å². The highest BCUT2D eigenvalue weighted by Crippen LogP contribution is 2.11. The summed E-state index contributed by atoms with van der Waals surface area (Å²) in [6.45, 7) is 3.94. The topological polar surface area (TPSA) is 92.8 Å². The van der Waals surface area contributed by atoms with Crippen LogP contribution in [-0.4, -0.2) is 33.4 Å². The Bertz CT molecular complexity index is 739. The third kappa shape index (κ3) is 3.62. The number of hydrogen-bond donors (Lipinski definition) is 2. The molecular formula is C15H18N6. The van der Waals surface area contributed by atoms with Gasteiger partial charge in [0.05, 0.1) is 23.0 Å². The van der Waals surface area contributed by atoms with E-state index in [2.05, 4.69) is 50.3 Å². The number of nitrogens with one attached hydrogen (secondary N) is 1. The lowest BCUT2D eigenvalue weighted by Crippen LogP contribution is -2.01. The Morgan fingerprint density at radius 1 is 1.24 bits per heavy atom. The van der Waals surface area contributed by atoms with Crippen LogP contribution in [-0.2, 0) is 0 Å². The van der Waals surface area contributed by atoms with Gasteiger partial charge in [0.1, 0.15) is 12.1 Å². The van der Waals surface area contributed by atoms with Crippen LogP contribution in [0.15, 0.2) is 35.7 Å². The van der Waals surface area contributed by atoms with Crippen LogP contribution in [0.25, 0.3) is 10.9 Å². The number of fused-ring (bicyclic) bond motifs is 1. The molecule has 6 nitrogen and oxygen atoms in total. The van der Waals surface area contributed by atoms with Crippen molar-refractivity contribution < 1.29 is 0 Å². The third-order valence-electron chi connectivity index (χ3n) is 2.97. The van der Waals surface area contributed by atoms with E-state index in [1.807, 2.05) is 13.1 Å². The minimum absolute atomic E-state index is 0.475. The highest BCUT2D eigenvalue weighted by Gasteiger charge is 2.00. The van der Waals surface area contributed by atoms with Gasteiger partial charge in [-0.2, -0.15) is 5.10 Å². The minimum Gasteiger partial charge on any atom is -0.383 e. The highest BCUT2D eigenvalue weighted by molar-refractivity contribution is 5.86. The molecule has 0 atom stereocenters. The summed E-state index contributed by atoms with van der Waals surface area (Å²) >= 11 is 0. The Morgan fingerprint density at radius 2 is 2.05 bits per heavy atom. The van der Waals surface area contributed by atoms with E-state index in [0.717, 1.165) is 16.8 Å². The van der Waals surface area contributed by atoms with Gasteiger partial charge < -0.3 is 5.73 Å². The number of nitrogens with zero attached hydrogens (tertiary/aromatic N) is 4. The third-order valence-corrected chi connectivity index (χ3v) is 2.97. The van der Waals surface area contributed by atoms with E-state index in [-0.39, 0.29) is 0 Å². The molecule has 1 aromatic carbocycles. The van der Waals surface area contributed by atoms with E-state index in [1.165, 1.54) is 17.3 Å². The van der Waals surface area contributed by atoms with E-state index in [0.29, 0.717) is 5.82 Å². The second kappa shape index (κ2) is 6.60. The first-order valence-electron chi connectivity index (χ1n) is 6.50. The summed E-state index contributed by atoms with van der Waals surface area (Å²) in [5.74, 6) is 0.475. The van der Waals surface area contributed by atoms with Crippen LogP contribution in [0.4, 0.5) is 5.82 Å². The van der Waals surface area contributed by atoms with Crippen LogP contribution in [0.5, 0.6) is 0 Å². The summed E-state index contributed by atoms with van der Waals surface area (Å²) in [6, 6.07) is 6.23. The number of aliphatic imine (C=N–C) groups is 1. The molecule has 108 valence electrons. The molecular weight excluding hydrogens is 264 g/mol. The number of benzene rings is 1. The normalized spacial score (nSPS) is 10.6. The van der Waals surface area contributed by atoms with Gasteiger partial charge in [0.25, 0.3) is 0 Å². The number of nitrogens with two attached hydrogens (primary N) is 1. The van der Waals surface area contributed by atoms with E-state index in [4.69, 9.17) is 5.73 Å². The van der Waals surface area contributed by atoms with Gasteiger partial charge in [-0.05, 0) is 25.5 Å². The lowest BCUT2D eigenvalue weighted by molar-refractivity contribution is 1.10. The first-order chi connectivity index (χ1) is 10.1. The Hall–Kier alpha value is -2.76. The van der Waals surface area contributed by atoms with Gasteiger partial charge in [-0.1, -0.05) is 12.1 Å². The Balaban J connectivity index is 0.000000154. The predicted octanol–water partition coefficient (Wildman–Crippen LogP) is 2.29. The summed E-state index contributed by atoms with van der Waals surface area (Å²) in [4.78, 5) is 11.7. The van der Waals surface area contributed by atoms with E-state index < -0.39 is 0 Å². The van der Waals surface area contributed by atoms with Crippen molar-refractivity contribution in [2.24, 2.45) is 4.99 Å². The fraction of sp³-hybridized carbons (Fsp3) is 0.200. The monoisotopic (exact) mass is 282 g/mol. The Labute approximate surface area is 123 Å². The molecule has 0 radical (unpaired) electrons. The summed E-state index contributed by atoms with van der Waals surface area (Å²) in [5.41, 5.74) is 9.59. The SMILES string of the molecule is CN=Cc1c(C)ncnc1N.Cc1ccc2cn[nH]c2c1. The molecule has 0 unspecified atom stereocenters. The summed E-state index contributed by atoms with van der Waals surface area (Å²) in [6.07, 6.45) is 4.93. The number of hydrogen-bond acceptors (Lipinski definition) is 5. The second-order valence-electron chi connectivity index (χ2n) is 4.61. The summed E-state index contributed by atoms with van der Waals surface area (Å²) < 4.78 is 0. The molecule has 0 aliphatic rings. The first-order valence-corrected chi connectivity index (χ1v) is 6.50. The smallest absolute Gasteiger partial charge is 0.135 e. The van der Waals surface area contributed by atoms with Crippen molar-refractivity contribution >= 4 is 22.9 Å². The molecule has 0 amide bonds. The van der Waals surface area contributed by atoms with E-state index in [9.17, 15) is 0 Å². The van der Waals surface area contributed by atoms with Crippen molar-refractivity contribution in [2.75, 3.05) is 12.8 Å². The second-order valence-corrected chi connectivity index (χ2v) is 4.61. The average molecular weight is 282 g/mol. The molecule has 2 heterocycles. The zero-order chi connectivity index (χ0) is 15.2. The maximum atomic E-state index is 5.57. The number of H-pyrrole nitrogens is 1. The number of aromatic amines is 1. The van der Waals surface area contributed by atoms with Gasteiger partial charge in [-0.3, -0.25) is 10.1 Å². The number of anilines is 1. The predicted molar refractivity (Wildman–Crippen MR) is 85.5 cm³/mol. The number of nitrogen functional groups attached to an aromatic ring is 1. The highest BCUT2D eigenvalue weighted by atomic mass is 15.1.